The summed E-state index contributed by atoms with van der Waals surface area (Å²) >= 11 is 0. The summed E-state index contributed by atoms with van der Waals surface area (Å²) in [6, 6.07) is 8.16. The zero-order chi connectivity index (χ0) is 17.2. The highest BCUT2D eigenvalue weighted by Gasteiger charge is 2.18. The molecule has 23 heavy (non-hydrogen) atoms. The predicted molar refractivity (Wildman–Crippen MR) is 89.7 cm³/mol. The Morgan fingerprint density at radius 1 is 1.22 bits per heavy atom. The normalized spacial score (nSPS) is 11.8. The maximum absolute atomic E-state index is 11.9. The van der Waals surface area contributed by atoms with Crippen LogP contribution in [0.15, 0.2) is 28.8 Å². The number of hydrogen-bond donors (Lipinski definition) is 0. The molecule has 1 aromatic carbocycles. The molecular weight excluding hydrogens is 290 g/mol. The summed E-state index contributed by atoms with van der Waals surface area (Å²) in [5.41, 5.74) is 2.28. The highest BCUT2D eigenvalue weighted by atomic mass is 16.5. The SMILES string of the molecule is CC(C)C(=O)N(C)Cc1nc(-c2ccc(C(C)(C)C)cc2)no1. The van der Waals surface area contributed by atoms with E-state index in [2.05, 4.69) is 43.0 Å². The van der Waals surface area contributed by atoms with Gasteiger partial charge in [-0.15, -0.1) is 0 Å². The number of nitrogens with zero attached hydrogens (tertiary/aromatic N) is 3. The van der Waals surface area contributed by atoms with Gasteiger partial charge in [0.25, 0.3) is 0 Å². The molecule has 0 aliphatic heterocycles. The second-order valence-corrected chi connectivity index (χ2v) is 7.19. The molecule has 0 unspecified atom stereocenters. The Balaban J connectivity index is 2.12. The lowest BCUT2D eigenvalue weighted by Gasteiger charge is -2.18. The van der Waals surface area contributed by atoms with Crippen molar-refractivity contribution < 1.29 is 9.32 Å². The Hall–Kier alpha value is -2.17. The molecule has 0 saturated heterocycles. The van der Waals surface area contributed by atoms with E-state index in [4.69, 9.17) is 4.52 Å². The molecule has 1 amide bonds. The van der Waals surface area contributed by atoms with Gasteiger partial charge in [-0.1, -0.05) is 64.0 Å². The van der Waals surface area contributed by atoms with Gasteiger partial charge < -0.3 is 9.42 Å². The molecule has 1 heterocycles. The zero-order valence-electron chi connectivity index (χ0n) is 14.8. The van der Waals surface area contributed by atoms with E-state index in [1.807, 2.05) is 26.0 Å². The predicted octanol–water partition coefficient (Wildman–Crippen LogP) is 3.65. The Labute approximate surface area is 137 Å². The van der Waals surface area contributed by atoms with Crippen molar-refractivity contribution in [1.82, 2.24) is 15.0 Å². The van der Waals surface area contributed by atoms with Gasteiger partial charge in [-0.2, -0.15) is 4.98 Å². The van der Waals surface area contributed by atoms with Crippen molar-refractivity contribution in [3.8, 4) is 11.4 Å². The smallest absolute Gasteiger partial charge is 0.246 e. The fraction of sp³-hybridized carbons (Fsp3) is 0.500. The first-order valence-electron chi connectivity index (χ1n) is 7.87. The number of rotatable bonds is 4. The van der Waals surface area contributed by atoms with E-state index in [1.54, 1.807) is 11.9 Å². The van der Waals surface area contributed by atoms with Crippen LogP contribution in [0, 0.1) is 5.92 Å². The van der Waals surface area contributed by atoms with Crippen LogP contribution < -0.4 is 0 Å². The first kappa shape index (κ1) is 17.2. The zero-order valence-corrected chi connectivity index (χ0v) is 14.8. The summed E-state index contributed by atoms with van der Waals surface area (Å²) in [4.78, 5) is 17.9. The van der Waals surface area contributed by atoms with Gasteiger partial charge in [0.15, 0.2) is 0 Å². The third kappa shape index (κ3) is 4.18. The molecular formula is C18H25N3O2. The maximum atomic E-state index is 11.9. The first-order chi connectivity index (χ1) is 10.7. The Morgan fingerprint density at radius 3 is 2.35 bits per heavy atom. The van der Waals surface area contributed by atoms with E-state index in [1.165, 1.54) is 5.56 Å². The van der Waals surface area contributed by atoms with Crippen LogP contribution in [0.5, 0.6) is 0 Å². The minimum absolute atomic E-state index is 0.0488. The molecule has 2 aromatic rings. The van der Waals surface area contributed by atoms with Crippen LogP contribution in [-0.2, 0) is 16.8 Å². The van der Waals surface area contributed by atoms with Crippen LogP contribution in [0.4, 0.5) is 0 Å². The molecule has 0 radical (unpaired) electrons. The van der Waals surface area contributed by atoms with E-state index in [-0.39, 0.29) is 17.2 Å². The van der Waals surface area contributed by atoms with Crippen LogP contribution in [0.3, 0.4) is 0 Å². The fourth-order valence-electron chi connectivity index (χ4n) is 2.28. The number of amides is 1. The third-order valence-electron chi connectivity index (χ3n) is 3.72. The summed E-state index contributed by atoms with van der Waals surface area (Å²) in [6.07, 6.45) is 0. The van der Waals surface area contributed by atoms with Gasteiger partial charge in [0.2, 0.25) is 17.6 Å². The standard InChI is InChI=1S/C18H25N3O2/c1-12(2)17(22)21(6)11-15-19-16(20-23-15)13-7-9-14(10-8-13)18(3,4)5/h7-10,12H,11H2,1-6H3. The molecule has 5 nitrogen and oxygen atoms in total. The van der Waals surface area contributed by atoms with E-state index in [9.17, 15) is 4.79 Å². The molecule has 0 aliphatic rings. The van der Waals surface area contributed by atoms with E-state index in [0.717, 1.165) is 5.56 Å². The van der Waals surface area contributed by atoms with Crippen LogP contribution >= 0.6 is 0 Å². The number of benzene rings is 1. The van der Waals surface area contributed by atoms with Crippen molar-refractivity contribution >= 4 is 5.91 Å². The lowest BCUT2D eigenvalue weighted by atomic mass is 9.87. The topological polar surface area (TPSA) is 59.2 Å². The number of aromatic nitrogens is 2. The Bertz CT molecular complexity index is 666. The molecule has 0 spiro atoms. The molecule has 124 valence electrons. The minimum Gasteiger partial charge on any atom is -0.337 e. The molecule has 0 aliphatic carbocycles. The van der Waals surface area contributed by atoms with Crippen molar-refractivity contribution in [2.45, 2.75) is 46.6 Å². The number of hydrogen-bond acceptors (Lipinski definition) is 4. The fourth-order valence-corrected chi connectivity index (χ4v) is 2.28. The Morgan fingerprint density at radius 2 is 1.83 bits per heavy atom. The molecule has 0 bridgehead atoms. The van der Waals surface area contributed by atoms with E-state index < -0.39 is 0 Å². The van der Waals surface area contributed by atoms with Crippen molar-refractivity contribution in [1.29, 1.82) is 0 Å². The van der Waals surface area contributed by atoms with Gasteiger partial charge in [0.1, 0.15) is 0 Å². The highest BCUT2D eigenvalue weighted by Crippen LogP contribution is 2.25. The molecule has 2 rings (SSSR count). The van der Waals surface area contributed by atoms with Gasteiger partial charge in [0.05, 0.1) is 6.54 Å². The largest absolute Gasteiger partial charge is 0.337 e. The quantitative estimate of drug-likeness (QED) is 0.864. The average molecular weight is 315 g/mol. The summed E-state index contributed by atoms with van der Waals surface area (Å²) in [5.74, 6) is 0.994. The second kappa shape index (κ2) is 6.52. The Kier molecular flexibility index (Phi) is 4.88. The van der Waals surface area contributed by atoms with Crippen molar-refractivity contribution in [3.05, 3.63) is 35.7 Å². The molecule has 0 saturated carbocycles. The van der Waals surface area contributed by atoms with Gasteiger partial charge in [0, 0.05) is 18.5 Å². The van der Waals surface area contributed by atoms with Crippen LogP contribution in [0.1, 0.15) is 46.1 Å². The monoisotopic (exact) mass is 315 g/mol. The number of carbonyl (C=O) groups excluding carboxylic acids is 1. The molecule has 0 fully saturated rings. The average Bonchev–Trinajstić information content (AvgIpc) is 2.94. The lowest BCUT2D eigenvalue weighted by Crippen LogP contribution is -2.30. The second-order valence-electron chi connectivity index (χ2n) is 7.19. The molecule has 5 heteroatoms. The van der Waals surface area contributed by atoms with E-state index in [0.29, 0.717) is 18.3 Å². The van der Waals surface area contributed by atoms with Crippen LogP contribution in [-0.4, -0.2) is 28.0 Å². The van der Waals surface area contributed by atoms with Gasteiger partial charge in [-0.05, 0) is 11.0 Å². The summed E-state index contributed by atoms with van der Waals surface area (Å²) in [5, 5.41) is 4.01. The minimum atomic E-state index is -0.0488. The first-order valence-corrected chi connectivity index (χ1v) is 7.87. The highest BCUT2D eigenvalue weighted by molar-refractivity contribution is 5.77. The number of carbonyl (C=O) groups is 1. The van der Waals surface area contributed by atoms with Crippen molar-refractivity contribution in [3.63, 3.8) is 0 Å². The lowest BCUT2D eigenvalue weighted by molar-refractivity contribution is -0.133. The van der Waals surface area contributed by atoms with Gasteiger partial charge >= 0.3 is 0 Å². The van der Waals surface area contributed by atoms with Gasteiger partial charge in [-0.3, -0.25) is 4.79 Å². The van der Waals surface area contributed by atoms with Gasteiger partial charge in [-0.25, -0.2) is 0 Å². The van der Waals surface area contributed by atoms with Crippen LogP contribution in [0.2, 0.25) is 0 Å². The summed E-state index contributed by atoms with van der Waals surface area (Å²) in [7, 11) is 1.74. The maximum Gasteiger partial charge on any atom is 0.246 e. The summed E-state index contributed by atoms with van der Waals surface area (Å²) < 4.78 is 5.26. The third-order valence-corrected chi connectivity index (χ3v) is 3.72. The van der Waals surface area contributed by atoms with Crippen molar-refractivity contribution in [2.75, 3.05) is 7.05 Å². The molecule has 0 N–H and O–H groups in total. The van der Waals surface area contributed by atoms with E-state index >= 15 is 0 Å². The summed E-state index contributed by atoms with van der Waals surface area (Å²) in [6.45, 7) is 10.6. The van der Waals surface area contributed by atoms with Crippen LogP contribution in [0.25, 0.3) is 11.4 Å². The van der Waals surface area contributed by atoms with Crippen molar-refractivity contribution in [2.24, 2.45) is 5.92 Å². The molecule has 1 aromatic heterocycles. The molecule has 0 atom stereocenters.